The normalized spacial score (nSPS) is 10.4. The number of rotatable bonds is 2. The summed E-state index contributed by atoms with van der Waals surface area (Å²) < 4.78 is 6.07. The maximum Gasteiger partial charge on any atom is 0.260 e. The summed E-state index contributed by atoms with van der Waals surface area (Å²) in [6, 6.07) is 5.71. The van der Waals surface area contributed by atoms with Crippen LogP contribution in [0.5, 0.6) is 0 Å². The van der Waals surface area contributed by atoms with Crippen LogP contribution in [0.15, 0.2) is 49.7 Å². The number of oxazole rings is 1. The monoisotopic (exact) mass is 270 g/mol. The molecule has 0 saturated heterocycles. The van der Waals surface area contributed by atoms with Gasteiger partial charge in [-0.05, 0) is 30.0 Å². The van der Waals surface area contributed by atoms with E-state index in [4.69, 9.17) is 10.2 Å². The molecule has 2 rings (SSSR count). The Morgan fingerprint density at radius 1 is 1.43 bits per heavy atom. The molecular formula is C9H7BrN2OS. The molecule has 0 saturated carbocycles. The maximum absolute atomic E-state index is 5.82. The Balaban J connectivity index is 2.25. The van der Waals surface area contributed by atoms with E-state index in [0.717, 1.165) is 9.37 Å². The summed E-state index contributed by atoms with van der Waals surface area (Å²) in [5.41, 5.74) is 6.53. The SMILES string of the molecule is Nc1cc(Br)ccc1Sc1ncco1. The van der Waals surface area contributed by atoms with Crippen LogP contribution in [0.25, 0.3) is 0 Å². The number of nitrogens with zero attached hydrogens (tertiary/aromatic N) is 1. The Morgan fingerprint density at radius 2 is 2.29 bits per heavy atom. The number of halogens is 1. The summed E-state index contributed by atoms with van der Waals surface area (Å²) in [5.74, 6) is 0. The van der Waals surface area contributed by atoms with Crippen molar-refractivity contribution in [1.82, 2.24) is 4.98 Å². The van der Waals surface area contributed by atoms with Crippen molar-refractivity contribution in [1.29, 1.82) is 0 Å². The fourth-order valence-electron chi connectivity index (χ4n) is 0.967. The molecule has 0 aliphatic rings. The lowest BCUT2D eigenvalue weighted by molar-refractivity contribution is 0.454. The second kappa shape index (κ2) is 4.06. The first-order valence-electron chi connectivity index (χ1n) is 3.88. The van der Waals surface area contributed by atoms with Gasteiger partial charge >= 0.3 is 0 Å². The van der Waals surface area contributed by atoms with Crippen LogP contribution >= 0.6 is 27.7 Å². The molecule has 5 heteroatoms. The minimum absolute atomic E-state index is 0.596. The molecule has 1 aromatic carbocycles. The first-order valence-corrected chi connectivity index (χ1v) is 5.49. The van der Waals surface area contributed by atoms with Crippen molar-refractivity contribution >= 4 is 33.4 Å². The summed E-state index contributed by atoms with van der Waals surface area (Å²) in [4.78, 5) is 4.94. The van der Waals surface area contributed by atoms with Crippen LogP contribution < -0.4 is 5.73 Å². The molecule has 0 radical (unpaired) electrons. The van der Waals surface area contributed by atoms with Gasteiger partial charge in [-0.15, -0.1) is 0 Å². The van der Waals surface area contributed by atoms with Gasteiger partial charge < -0.3 is 10.2 Å². The Bertz CT molecular complexity index is 430. The van der Waals surface area contributed by atoms with Crippen LogP contribution in [0.2, 0.25) is 0 Å². The Labute approximate surface area is 93.8 Å². The lowest BCUT2D eigenvalue weighted by atomic mass is 10.3. The third-order valence-electron chi connectivity index (χ3n) is 1.58. The Kier molecular flexibility index (Phi) is 2.79. The molecule has 14 heavy (non-hydrogen) atoms. The van der Waals surface area contributed by atoms with Gasteiger partial charge in [0.15, 0.2) is 0 Å². The number of nitrogens with two attached hydrogens (primary N) is 1. The highest BCUT2D eigenvalue weighted by atomic mass is 79.9. The van der Waals surface area contributed by atoms with E-state index >= 15 is 0 Å². The number of hydrogen-bond acceptors (Lipinski definition) is 4. The number of anilines is 1. The summed E-state index contributed by atoms with van der Waals surface area (Å²) >= 11 is 4.75. The predicted molar refractivity (Wildman–Crippen MR) is 59.2 cm³/mol. The lowest BCUT2D eigenvalue weighted by Crippen LogP contribution is -1.87. The first kappa shape index (κ1) is 9.61. The van der Waals surface area contributed by atoms with Gasteiger partial charge in [0, 0.05) is 15.1 Å². The van der Waals surface area contributed by atoms with E-state index in [1.165, 1.54) is 18.0 Å². The van der Waals surface area contributed by atoms with Gasteiger partial charge in [0.2, 0.25) is 0 Å². The minimum atomic E-state index is 0.596. The van der Waals surface area contributed by atoms with Crippen LogP contribution in [0.3, 0.4) is 0 Å². The fourth-order valence-corrected chi connectivity index (χ4v) is 2.06. The van der Waals surface area contributed by atoms with Gasteiger partial charge in [0.25, 0.3) is 5.22 Å². The highest BCUT2D eigenvalue weighted by Gasteiger charge is 2.05. The maximum atomic E-state index is 5.82. The largest absolute Gasteiger partial charge is 0.440 e. The molecule has 1 aromatic heterocycles. The molecule has 0 aliphatic carbocycles. The van der Waals surface area contributed by atoms with Gasteiger partial charge in [-0.25, -0.2) is 4.98 Å². The molecule has 0 atom stereocenters. The number of nitrogen functional groups attached to an aromatic ring is 1. The molecule has 0 bridgehead atoms. The van der Waals surface area contributed by atoms with Crippen LogP contribution in [-0.2, 0) is 0 Å². The van der Waals surface area contributed by atoms with E-state index in [-0.39, 0.29) is 0 Å². The molecular weight excluding hydrogens is 264 g/mol. The quantitative estimate of drug-likeness (QED) is 0.852. The molecule has 0 amide bonds. The van der Waals surface area contributed by atoms with Crippen molar-refractivity contribution in [2.45, 2.75) is 10.1 Å². The third kappa shape index (κ3) is 2.10. The number of hydrogen-bond donors (Lipinski definition) is 1. The zero-order chi connectivity index (χ0) is 9.97. The standard InChI is InChI=1S/C9H7BrN2OS/c10-6-1-2-8(7(11)5-6)14-9-12-3-4-13-9/h1-5H,11H2. The lowest BCUT2D eigenvalue weighted by Gasteiger charge is -2.02. The average Bonchev–Trinajstić information content (AvgIpc) is 2.62. The van der Waals surface area contributed by atoms with Crippen molar-refractivity contribution in [2.75, 3.05) is 5.73 Å². The molecule has 3 nitrogen and oxygen atoms in total. The number of benzene rings is 1. The van der Waals surface area contributed by atoms with E-state index in [1.807, 2.05) is 18.2 Å². The summed E-state index contributed by atoms with van der Waals surface area (Å²) in [5, 5.41) is 0.596. The van der Waals surface area contributed by atoms with E-state index in [2.05, 4.69) is 20.9 Å². The molecule has 2 N–H and O–H groups in total. The van der Waals surface area contributed by atoms with Crippen molar-refractivity contribution in [3.63, 3.8) is 0 Å². The van der Waals surface area contributed by atoms with Crippen molar-refractivity contribution in [3.8, 4) is 0 Å². The van der Waals surface area contributed by atoms with Crippen molar-refractivity contribution in [3.05, 3.63) is 35.1 Å². The number of aromatic nitrogens is 1. The highest BCUT2D eigenvalue weighted by Crippen LogP contribution is 2.32. The van der Waals surface area contributed by atoms with Crippen LogP contribution in [0.4, 0.5) is 5.69 Å². The highest BCUT2D eigenvalue weighted by molar-refractivity contribution is 9.10. The molecule has 0 fully saturated rings. The minimum Gasteiger partial charge on any atom is -0.440 e. The van der Waals surface area contributed by atoms with Crippen molar-refractivity contribution in [2.24, 2.45) is 0 Å². The Morgan fingerprint density at radius 3 is 2.93 bits per heavy atom. The van der Waals surface area contributed by atoms with Gasteiger partial charge in [0.1, 0.15) is 6.26 Å². The van der Waals surface area contributed by atoms with Gasteiger partial charge in [-0.1, -0.05) is 15.9 Å². The molecule has 0 unspecified atom stereocenters. The zero-order valence-electron chi connectivity index (χ0n) is 7.11. The van der Waals surface area contributed by atoms with E-state index in [1.54, 1.807) is 6.20 Å². The summed E-state index contributed by atoms with van der Waals surface area (Å²) in [6.45, 7) is 0. The second-order valence-electron chi connectivity index (χ2n) is 2.58. The summed E-state index contributed by atoms with van der Waals surface area (Å²) in [6.07, 6.45) is 3.15. The molecule has 72 valence electrons. The fraction of sp³-hybridized carbons (Fsp3) is 0. The van der Waals surface area contributed by atoms with E-state index in [0.29, 0.717) is 10.9 Å². The summed E-state index contributed by atoms with van der Waals surface area (Å²) in [7, 11) is 0. The van der Waals surface area contributed by atoms with Gasteiger partial charge in [-0.2, -0.15) is 0 Å². The first-order chi connectivity index (χ1) is 6.75. The van der Waals surface area contributed by atoms with Crippen molar-refractivity contribution < 1.29 is 4.42 Å². The van der Waals surface area contributed by atoms with Gasteiger partial charge in [-0.3, -0.25) is 0 Å². The third-order valence-corrected chi connectivity index (χ3v) is 3.04. The van der Waals surface area contributed by atoms with Crippen LogP contribution in [-0.4, -0.2) is 4.98 Å². The average molecular weight is 271 g/mol. The van der Waals surface area contributed by atoms with E-state index < -0.39 is 0 Å². The topological polar surface area (TPSA) is 52.0 Å². The Hall–Kier alpha value is -0.940. The van der Waals surface area contributed by atoms with Crippen LogP contribution in [0, 0.1) is 0 Å². The molecule has 0 aliphatic heterocycles. The molecule has 0 spiro atoms. The van der Waals surface area contributed by atoms with E-state index in [9.17, 15) is 0 Å². The molecule has 1 heterocycles. The smallest absolute Gasteiger partial charge is 0.260 e. The second-order valence-corrected chi connectivity index (χ2v) is 4.49. The zero-order valence-corrected chi connectivity index (χ0v) is 9.51. The predicted octanol–water partition coefficient (Wildman–Crippen LogP) is 3.17. The molecule has 2 aromatic rings. The van der Waals surface area contributed by atoms with Gasteiger partial charge in [0.05, 0.1) is 6.20 Å². The van der Waals surface area contributed by atoms with Crippen LogP contribution in [0.1, 0.15) is 0 Å².